The number of rotatable bonds is 3. The number of carbonyl (C=O) groups is 1. The van der Waals surface area contributed by atoms with E-state index in [1.54, 1.807) is 17.0 Å². The molecule has 0 atom stereocenters. The molecular formula is C15H21FN2O. The van der Waals surface area contributed by atoms with Gasteiger partial charge in [-0.05, 0) is 51.1 Å². The molecule has 0 unspecified atom stereocenters. The fourth-order valence-electron chi connectivity index (χ4n) is 2.61. The molecule has 0 saturated carbocycles. The number of nitrogens with zero attached hydrogens (tertiary/aromatic N) is 1. The normalized spacial score (nSPS) is 18.1. The van der Waals surface area contributed by atoms with Crippen molar-refractivity contribution in [3.05, 3.63) is 30.1 Å². The quantitative estimate of drug-likeness (QED) is 0.910. The summed E-state index contributed by atoms with van der Waals surface area (Å²) in [5, 5.41) is 3.27. The second-order valence-electron chi connectivity index (χ2n) is 5.34. The SMILES string of the molecule is CCN(C(=O)C1(C)CCNCC1)c1cccc(F)c1. The first-order chi connectivity index (χ1) is 9.07. The number of hydrogen-bond acceptors (Lipinski definition) is 2. The Bertz CT molecular complexity index is 455. The molecule has 0 aliphatic carbocycles. The minimum Gasteiger partial charge on any atom is -0.317 e. The van der Waals surface area contributed by atoms with Crippen LogP contribution in [0.3, 0.4) is 0 Å². The van der Waals surface area contributed by atoms with Gasteiger partial charge in [-0.25, -0.2) is 4.39 Å². The molecule has 1 fully saturated rings. The zero-order chi connectivity index (χ0) is 13.9. The Kier molecular flexibility index (Phi) is 4.20. The molecule has 4 heteroatoms. The van der Waals surface area contributed by atoms with E-state index in [0.717, 1.165) is 25.9 Å². The van der Waals surface area contributed by atoms with Crippen molar-refractivity contribution < 1.29 is 9.18 Å². The number of anilines is 1. The lowest BCUT2D eigenvalue weighted by molar-refractivity contribution is -0.128. The smallest absolute Gasteiger partial charge is 0.233 e. The average molecular weight is 264 g/mol. The number of amides is 1. The van der Waals surface area contributed by atoms with Crippen molar-refractivity contribution in [3.63, 3.8) is 0 Å². The van der Waals surface area contributed by atoms with Crippen molar-refractivity contribution in [2.45, 2.75) is 26.7 Å². The summed E-state index contributed by atoms with van der Waals surface area (Å²) in [6.45, 7) is 6.22. The molecule has 3 nitrogen and oxygen atoms in total. The monoisotopic (exact) mass is 264 g/mol. The first-order valence-corrected chi connectivity index (χ1v) is 6.85. The van der Waals surface area contributed by atoms with Crippen LogP contribution in [0.1, 0.15) is 26.7 Å². The van der Waals surface area contributed by atoms with Crippen molar-refractivity contribution in [3.8, 4) is 0 Å². The summed E-state index contributed by atoms with van der Waals surface area (Å²) in [5.74, 6) is -0.207. The maximum atomic E-state index is 13.3. The molecule has 1 aromatic carbocycles. The van der Waals surface area contributed by atoms with Crippen LogP contribution in [0, 0.1) is 11.2 Å². The third-order valence-corrected chi connectivity index (χ3v) is 3.90. The van der Waals surface area contributed by atoms with Gasteiger partial charge in [0.1, 0.15) is 5.82 Å². The molecule has 1 amide bonds. The lowest BCUT2D eigenvalue weighted by Crippen LogP contribution is -2.48. The Morgan fingerprint density at radius 3 is 2.68 bits per heavy atom. The van der Waals surface area contributed by atoms with E-state index in [-0.39, 0.29) is 17.1 Å². The number of benzene rings is 1. The van der Waals surface area contributed by atoms with E-state index in [1.165, 1.54) is 12.1 Å². The summed E-state index contributed by atoms with van der Waals surface area (Å²) in [6, 6.07) is 6.25. The number of hydrogen-bond donors (Lipinski definition) is 1. The van der Waals surface area contributed by atoms with Gasteiger partial charge in [0.2, 0.25) is 5.91 Å². The average Bonchev–Trinajstić information content (AvgIpc) is 2.40. The molecule has 0 spiro atoms. The number of nitrogens with one attached hydrogen (secondary N) is 1. The highest BCUT2D eigenvalue weighted by Crippen LogP contribution is 2.32. The minimum atomic E-state index is -0.340. The van der Waals surface area contributed by atoms with E-state index >= 15 is 0 Å². The van der Waals surface area contributed by atoms with Crippen molar-refractivity contribution in [2.24, 2.45) is 5.41 Å². The summed E-state index contributed by atoms with van der Waals surface area (Å²) < 4.78 is 13.3. The number of halogens is 1. The zero-order valence-corrected chi connectivity index (χ0v) is 11.6. The molecule has 1 heterocycles. The molecule has 104 valence electrons. The standard InChI is InChI=1S/C15H21FN2O/c1-3-18(13-6-4-5-12(16)11-13)14(19)15(2)7-9-17-10-8-15/h4-6,11,17H,3,7-10H2,1-2H3. The lowest BCUT2D eigenvalue weighted by atomic mass is 9.79. The van der Waals surface area contributed by atoms with Crippen molar-refractivity contribution in [1.29, 1.82) is 0 Å². The molecule has 2 rings (SSSR count). The van der Waals surface area contributed by atoms with Crippen LogP contribution in [-0.2, 0) is 4.79 Å². The van der Waals surface area contributed by atoms with Gasteiger partial charge in [-0.2, -0.15) is 0 Å². The lowest BCUT2D eigenvalue weighted by Gasteiger charge is -2.37. The van der Waals surface area contributed by atoms with E-state index in [4.69, 9.17) is 0 Å². The fraction of sp³-hybridized carbons (Fsp3) is 0.533. The van der Waals surface area contributed by atoms with Gasteiger partial charge in [-0.15, -0.1) is 0 Å². The molecule has 1 aliphatic heterocycles. The molecule has 1 N–H and O–H groups in total. The summed E-state index contributed by atoms with van der Waals surface area (Å²) in [4.78, 5) is 14.4. The number of piperidine rings is 1. The maximum absolute atomic E-state index is 13.3. The highest BCUT2D eigenvalue weighted by atomic mass is 19.1. The first-order valence-electron chi connectivity index (χ1n) is 6.85. The predicted octanol–water partition coefficient (Wildman–Crippen LogP) is 2.57. The van der Waals surface area contributed by atoms with Crippen LogP contribution >= 0.6 is 0 Å². The largest absolute Gasteiger partial charge is 0.317 e. The Hall–Kier alpha value is -1.42. The molecule has 1 aliphatic rings. The van der Waals surface area contributed by atoms with Crippen molar-refractivity contribution in [1.82, 2.24) is 5.32 Å². The summed E-state index contributed by atoms with van der Waals surface area (Å²) in [5.41, 5.74) is 0.306. The van der Waals surface area contributed by atoms with Crippen LogP contribution in [0.5, 0.6) is 0 Å². The Balaban J connectivity index is 2.24. The highest BCUT2D eigenvalue weighted by molar-refractivity contribution is 5.97. The Morgan fingerprint density at radius 2 is 2.11 bits per heavy atom. The van der Waals surface area contributed by atoms with Crippen LogP contribution in [0.4, 0.5) is 10.1 Å². The van der Waals surface area contributed by atoms with Crippen molar-refractivity contribution >= 4 is 11.6 Å². The summed E-state index contributed by atoms with van der Waals surface area (Å²) >= 11 is 0. The first kappa shape index (κ1) is 14.0. The summed E-state index contributed by atoms with van der Waals surface area (Å²) in [7, 11) is 0. The molecule has 19 heavy (non-hydrogen) atoms. The van der Waals surface area contributed by atoms with Crippen LogP contribution in [0.15, 0.2) is 24.3 Å². The highest BCUT2D eigenvalue weighted by Gasteiger charge is 2.37. The predicted molar refractivity (Wildman–Crippen MR) is 74.6 cm³/mol. The second kappa shape index (κ2) is 5.70. The zero-order valence-electron chi connectivity index (χ0n) is 11.6. The molecule has 0 aromatic heterocycles. The Morgan fingerprint density at radius 1 is 1.42 bits per heavy atom. The van der Waals surface area contributed by atoms with Gasteiger partial charge in [0, 0.05) is 17.6 Å². The summed E-state index contributed by atoms with van der Waals surface area (Å²) in [6.07, 6.45) is 1.66. The van der Waals surface area contributed by atoms with Gasteiger partial charge in [0.25, 0.3) is 0 Å². The number of carbonyl (C=O) groups excluding carboxylic acids is 1. The van der Waals surface area contributed by atoms with Gasteiger partial charge in [-0.3, -0.25) is 4.79 Å². The maximum Gasteiger partial charge on any atom is 0.233 e. The van der Waals surface area contributed by atoms with E-state index in [1.807, 2.05) is 13.8 Å². The van der Waals surface area contributed by atoms with Gasteiger partial charge < -0.3 is 10.2 Å². The van der Waals surface area contributed by atoms with Crippen LogP contribution in [0.2, 0.25) is 0 Å². The molecule has 1 saturated heterocycles. The van der Waals surface area contributed by atoms with Gasteiger partial charge >= 0.3 is 0 Å². The van der Waals surface area contributed by atoms with Gasteiger partial charge in [0.15, 0.2) is 0 Å². The second-order valence-corrected chi connectivity index (χ2v) is 5.34. The fourth-order valence-corrected chi connectivity index (χ4v) is 2.61. The third kappa shape index (κ3) is 2.95. The van der Waals surface area contributed by atoms with Gasteiger partial charge in [-0.1, -0.05) is 13.0 Å². The third-order valence-electron chi connectivity index (χ3n) is 3.90. The van der Waals surface area contributed by atoms with Crippen LogP contribution in [-0.4, -0.2) is 25.5 Å². The van der Waals surface area contributed by atoms with E-state index < -0.39 is 0 Å². The van der Waals surface area contributed by atoms with Crippen LogP contribution < -0.4 is 10.2 Å². The Labute approximate surface area is 113 Å². The van der Waals surface area contributed by atoms with Crippen LogP contribution in [0.25, 0.3) is 0 Å². The van der Waals surface area contributed by atoms with Crippen molar-refractivity contribution in [2.75, 3.05) is 24.5 Å². The minimum absolute atomic E-state index is 0.0992. The van der Waals surface area contributed by atoms with E-state index in [0.29, 0.717) is 12.2 Å². The molecule has 0 bridgehead atoms. The molecule has 1 aromatic rings. The van der Waals surface area contributed by atoms with E-state index in [9.17, 15) is 9.18 Å². The molecular weight excluding hydrogens is 243 g/mol. The topological polar surface area (TPSA) is 32.3 Å². The molecule has 0 radical (unpaired) electrons. The van der Waals surface area contributed by atoms with E-state index in [2.05, 4.69) is 5.32 Å². The van der Waals surface area contributed by atoms with Gasteiger partial charge in [0.05, 0.1) is 0 Å².